The number of aromatic nitrogens is 1. The van der Waals surface area contributed by atoms with Crippen LogP contribution in [0.4, 0.5) is 5.69 Å². The molecule has 1 amide bonds. The zero-order chi connectivity index (χ0) is 15.7. The average molecular weight is 411 g/mol. The molecule has 0 radical (unpaired) electrons. The summed E-state index contributed by atoms with van der Waals surface area (Å²) in [6.07, 6.45) is 1.85. The number of nitrogens with zero attached hydrogens (tertiary/aromatic N) is 1. The molecule has 0 bridgehead atoms. The molecule has 0 saturated heterocycles. The van der Waals surface area contributed by atoms with Gasteiger partial charge in [0.2, 0.25) is 0 Å². The fourth-order valence-corrected chi connectivity index (χ4v) is 3.24. The maximum atomic E-state index is 12.4. The Morgan fingerprint density at radius 2 is 1.76 bits per heavy atom. The molecule has 3 nitrogen and oxygen atoms in total. The van der Waals surface area contributed by atoms with Crippen LogP contribution >= 0.6 is 50.7 Å². The lowest BCUT2D eigenvalue weighted by Gasteiger charge is -2.14. The van der Waals surface area contributed by atoms with E-state index >= 15 is 0 Å². The minimum atomic E-state index is -0.291. The first-order valence-electron chi connectivity index (χ1n) is 6.13. The highest BCUT2D eigenvalue weighted by Gasteiger charge is 2.18. The molecule has 0 aliphatic rings. The van der Waals surface area contributed by atoms with Crippen molar-refractivity contribution in [1.29, 1.82) is 0 Å². The van der Waals surface area contributed by atoms with E-state index in [-0.39, 0.29) is 11.9 Å². The third kappa shape index (κ3) is 3.75. The van der Waals surface area contributed by atoms with Gasteiger partial charge in [-0.25, -0.2) is 0 Å². The minimum Gasteiger partial charge on any atom is -0.340 e. The summed E-state index contributed by atoms with van der Waals surface area (Å²) in [5, 5.41) is 3.73. The van der Waals surface area contributed by atoms with E-state index in [9.17, 15) is 4.79 Å². The van der Waals surface area contributed by atoms with Gasteiger partial charge in [-0.05, 0) is 48.0 Å². The molecule has 0 aliphatic carbocycles. The van der Waals surface area contributed by atoms with Gasteiger partial charge in [-0.15, -0.1) is 0 Å². The maximum absolute atomic E-state index is 12.4. The number of halogens is 4. The van der Waals surface area contributed by atoms with Gasteiger partial charge in [-0.1, -0.05) is 34.8 Å². The van der Waals surface area contributed by atoms with Crippen LogP contribution in [0.2, 0.25) is 15.1 Å². The number of hydrogen-bond donors (Lipinski definition) is 1. The molecule has 0 unspecified atom stereocenters. The van der Waals surface area contributed by atoms with E-state index in [1.165, 1.54) is 12.1 Å². The third-order valence-corrected chi connectivity index (χ3v) is 4.10. The number of nitrogens with one attached hydrogen (secondary N) is 1. The zero-order valence-electron chi connectivity index (χ0n) is 11.3. The highest BCUT2D eigenvalue weighted by Crippen LogP contribution is 2.34. The van der Waals surface area contributed by atoms with Gasteiger partial charge in [-0.3, -0.25) is 4.79 Å². The minimum absolute atomic E-state index is 0.146. The summed E-state index contributed by atoms with van der Waals surface area (Å²) in [4.78, 5) is 12.4. The van der Waals surface area contributed by atoms with E-state index < -0.39 is 0 Å². The molecule has 7 heteroatoms. The summed E-state index contributed by atoms with van der Waals surface area (Å²) in [5.74, 6) is -0.291. The van der Waals surface area contributed by atoms with Gasteiger partial charge < -0.3 is 9.88 Å². The van der Waals surface area contributed by atoms with Crippen molar-refractivity contribution in [3.63, 3.8) is 0 Å². The van der Waals surface area contributed by atoms with E-state index in [0.717, 1.165) is 4.47 Å². The molecule has 0 spiro atoms. The Morgan fingerprint density at radius 1 is 1.19 bits per heavy atom. The fourth-order valence-electron chi connectivity index (χ4n) is 1.89. The van der Waals surface area contributed by atoms with Gasteiger partial charge >= 0.3 is 0 Å². The van der Waals surface area contributed by atoms with Crippen molar-refractivity contribution in [3.05, 3.63) is 49.6 Å². The molecule has 21 heavy (non-hydrogen) atoms. The van der Waals surface area contributed by atoms with E-state index in [1.807, 2.05) is 24.6 Å². The lowest BCUT2D eigenvalue weighted by Crippen LogP contribution is -2.18. The number of benzene rings is 1. The average Bonchev–Trinajstić information content (AvgIpc) is 2.76. The van der Waals surface area contributed by atoms with Crippen molar-refractivity contribution < 1.29 is 4.79 Å². The Labute approximate surface area is 146 Å². The highest BCUT2D eigenvalue weighted by molar-refractivity contribution is 9.10. The largest absolute Gasteiger partial charge is 0.340 e. The monoisotopic (exact) mass is 408 g/mol. The molecule has 1 N–H and O–H groups in total. The summed E-state index contributed by atoms with van der Waals surface area (Å²) in [7, 11) is 0. The quantitative estimate of drug-likeness (QED) is 0.657. The lowest BCUT2D eigenvalue weighted by molar-refractivity contribution is 0.101. The molecule has 1 aromatic carbocycles. The standard InChI is InChI=1S/C14H12BrCl3N2O/c1-7(2)20-6-8(15)3-12(20)14(21)19-13-10(17)4-9(16)5-11(13)18/h3-7H,1-2H3,(H,19,21). The van der Waals surface area contributed by atoms with Gasteiger partial charge in [0.15, 0.2) is 0 Å². The summed E-state index contributed by atoms with van der Waals surface area (Å²) in [6, 6.07) is 4.95. The van der Waals surface area contributed by atoms with Crippen molar-refractivity contribution >= 4 is 62.3 Å². The zero-order valence-corrected chi connectivity index (χ0v) is 15.1. The number of carbonyl (C=O) groups excluding carboxylic acids is 1. The van der Waals surface area contributed by atoms with Crippen LogP contribution in [-0.4, -0.2) is 10.5 Å². The van der Waals surface area contributed by atoms with E-state index in [1.54, 1.807) is 6.07 Å². The van der Waals surface area contributed by atoms with E-state index in [2.05, 4.69) is 21.2 Å². The summed E-state index contributed by atoms with van der Waals surface area (Å²) in [5.41, 5.74) is 0.860. The Kier molecular flexibility index (Phi) is 5.25. The molecular weight excluding hydrogens is 398 g/mol. The van der Waals surface area contributed by atoms with Crippen molar-refractivity contribution in [2.45, 2.75) is 19.9 Å². The van der Waals surface area contributed by atoms with Gasteiger partial charge in [0.05, 0.1) is 15.7 Å². The number of amides is 1. The molecule has 0 saturated carbocycles. The number of rotatable bonds is 3. The Bertz CT molecular complexity index is 675. The smallest absolute Gasteiger partial charge is 0.272 e. The summed E-state index contributed by atoms with van der Waals surface area (Å²) in [6.45, 7) is 3.98. The highest BCUT2D eigenvalue weighted by atomic mass is 79.9. The van der Waals surface area contributed by atoms with E-state index in [4.69, 9.17) is 34.8 Å². The summed E-state index contributed by atoms with van der Waals surface area (Å²) < 4.78 is 2.69. The lowest BCUT2D eigenvalue weighted by atomic mass is 10.3. The SMILES string of the molecule is CC(C)n1cc(Br)cc1C(=O)Nc1c(Cl)cc(Cl)cc1Cl. The van der Waals surface area contributed by atoms with Gasteiger partial charge in [0.1, 0.15) is 5.69 Å². The second kappa shape index (κ2) is 6.61. The molecule has 1 aromatic heterocycles. The first-order chi connectivity index (χ1) is 9.79. The van der Waals surface area contributed by atoms with Crippen LogP contribution < -0.4 is 5.32 Å². The first-order valence-corrected chi connectivity index (χ1v) is 8.05. The molecule has 2 aromatic rings. The van der Waals surface area contributed by atoms with Crippen LogP contribution in [0.3, 0.4) is 0 Å². The predicted molar refractivity (Wildman–Crippen MR) is 91.9 cm³/mol. The maximum Gasteiger partial charge on any atom is 0.272 e. The van der Waals surface area contributed by atoms with Crippen molar-refractivity contribution in [1.82, 2.24) is 4.57 Å². The Balaban J connectivity index is 2.35. The van der Waals surface area contributed by atoms with Crippen molar-refractivity contribution in [3.8, 4) is 0 Å². The second-order valence-corrected chi connectivity index (χ2v) is 6.91. The first kappa shape index (κ1) is 16.7. The molecule has 112 valence electrons. The molecule has 0 fully saturated rings. The predicted octanol–water partition coefficient (Wildman–Crippen LogP) is 6.04. The molecule has 1 heterocycles. The Morgan fingerprint density at radius 3 is 2.29 bits per heavy atom. The number of hydrogen-bond acceptors (Lipinski definition) is 1. The topological polar surface area (TPSA) is 34.0 Å². The van der Waals surface area contributed by atoms with Crippen LogP contribution in [0.5, 0.6) is 0 Å². The molecule has 2 rings (SSSR count). The van der Waals surface area contributed by atoms with Crippen LogP contribution in [0.25, 0.3) is 0 Å². The second-order valence-electron chi connectivity index (χ2n) is 4.74. The van der Waals surface area contributed by atoms with Gasteiger partial charge in [0, 0.05) is 21.7 Å². The molecule has 0 atom stereocenters. The molecule has 0 aliphatic heterocycles. The van der Waals surface area contributed by atoms with Crippen LogP contribution in [-0.2, 0) is 0 Å². The summed E-state index contributed by atoms with van der Waals surface area (Å²) >= 11 is 21.4. The van der Waals surface area contributed by atoms with Crippen LogP contribution in [0, 0.1) is 0 Å². The normalized spacial score (nSPS) is 11.0. The van der Waals surface area contributed by atoms with Gasteiger partial charge in [-0.2, -0.15) is 0 Å². The van der Waals surface area contributed by atoms with Crippen LogP contribution in [0.15, 0.2) is 28.9 Å². The number of anilines is 1. The van der Waals surface area contributed by atoms with E-state index in [0.29, 0.717) is 26.4 Å². The van der Waals surface area contributed by atoms with Crippen molar-refractivity contribution in [2.75, 3.05) is 5.32 Å². The molecular formula is C14H12BrCl3N2O. The van der Waals surface area contributed by atoms with Gasteiger partial charge in [0.25, 0.3) is 5.91 Å². The van der Waals surface area contributed by atoms with Crippen molar-refractivity contribution in [2.24, 2.45) is 0 Å². The van der Waals surface area contributed by atoms with Crippen LogP contribution in [0.1, 0.15) is 30.4 Å². The fraction of sp³-hybridized carbons (Fsp3) is 0.214. The third-order valence-electron chi connectivity index (χ3n) is 2.85. The number of carbonyl (C=O) groups is 1. The Hall–Kier alpha value is -0.680.